The summed E-state index contributed by atoms with van der Waals surface area (Å²) >= 11 is 0. The number of halogens is 3. The molecule has 0 aromatic heterocycles. The molecule has 5 heteroatoms. The monoisotopic (exact) mass is 300 g/mol. The molecule has 0 heterocycles. The SMILES string of the molecule is NCCCNC1(c2cccc(C(F)(F)F)c2)CCCCC1. The van der Waals surface area contributed by atoms with Gasteiger partial charge in [0.05, 0.1) is 5.56 Å². The van der Waals surface area contributed by atoms with Crippen molar-refractivity contribution in [3.8, 4) is 0 Å². The van der Waals surface area contributed by atoms with Gasteiger partial charge in [-0.25, -0.2) is 0 Å². The summed E-state index contributed by atoms with van der Waals surface area (Å²) in [4.78, 5) is 0. The van der Waals surface area contributed by atoms with Crippen molar-refractivity contribution in [1.29, 1.82) is 0 Å². The predicted octanol–water partition coefficient (Wildman–Crippen LogP) is 3.80. The summed E-state index contributed by atoms with van der Waals surface area (Å²) in [7, 11) is 0. The third-order valence-corrected chi connectivity index (χ3v) is 4.29. The molecule has 2 nitrogen and oxygen atoms in total. The van der Waals surface area contributed by atoms with Gasteiger partial charge in [0, 0.05) is 5.54 Å². The summed E-state index contributed by atoms with van der Waals surface area (Å²) in [6, 6.07) is 5.77. The lowest BCUT2D eigenvalue weighted by Crippen LogP contribution is -2.45. The Bertz CT molecular complexity index is 451. The molecule has 1 aliphatic carbocycles. The second-order valence-corrected chi connectivity index (χ2v) is 5.79. The van der Waals surface area contributed by atoms with E-state index in [0.29, 0.717) is 6.54 Å². The van der Waals surface area contributed by atoms with Crippen LogP contribution in [0.5, 0.6) is 0 Å². The van der Waals surface area contributed by atoms with Gasteiger partial charge in [0.25, 0.3) is 0 Å². The molecular weight excluding hydrogens is 277 g/mol. The van der Waals surface area contributed by atoms with E-state index in [4.69, 9.17) is 5.73 Å². The molecule has 1 fully saturated rings. The van der Waals surface area contributed by atoms with Crippen molar-refractivity contribution < 1.29 is 13.2 Å². The van der Waals surface area contributed by atoms with Gasteiger partial charge in [-0.05, 0) is 50.0 Å². The maximum atomic E-state index is 12.9. The Morgan fingerprint density at radius 3 is 2.48 bits per heavy atom. The molecule has 0 spiro atoms. The van der Waals surface area contributed by atoms with Gasteiger partial charge in [0.2, 0.25) is 0 Å². The highest BCUT2D eigenvalue weighted by molar-refractivity contribution is 5.31. The van der Waals surface area contributed by atoms with E-state index in [1.807, 2.05) is 6.07 Å². The fourth-order valence-electron chi connectivity index (χ4n) is 3.15. The second-order valence-electron chi connectivity index (χ2n) is 5.79. The van der Waals surface area contributed by atoms with Crippen LogP contribution in [0.15, 0.2) is 24.3 Å². The first kappa shape index (κ1) is 16.3. The van der Waals surface area contributed by atoms with Gasteiger partial charge in [0.1, 0.15) is 0 Å². The van der Waals surface area contributed by atoms with Crippen molar-refractivity contribution in [2.75, 3.05) is 13.1 Å². The Morgan fingerprint density at radius 1 is 1.14 bits per heavy atom. The third-order valence-electron chi connectivity index (χ3n) is 4.29. The molecule has 1 aromatic rings. The van der Waals surface area contributed by atoms with Crippen molar-refractivity contribution in [3.05, 3.63) is 35.4 Å². The van der Waals surface area contributed by atoms with E-state index in [-0.39, 0.29) is 5.54 Å². The molecule has 0 saturated heterocycles. The molecule has 0 amide bonds. The highest BCUT2D eigenvalue weighted by Gasteiger charge is 2.36. The number of nitrogens with one attached hydrogen (secondary N) is 1. The van der Waals surface area contributed by atoms with Crippen molar-refractivity contribution in [3.63, 3.8) is 0 Å². The fourth-order valence-corrected chi connectivity index (χ4v) is 3.15. The van der Waals surface area contributed by atoms with E-state index in [1.54, 1.807) is 0 Å². The third kappa shape index (κ3) is 3.98. The molecule has 21 heavy (non-hydrogen) atoms. The minimum atomic E-state index is -4.29. The van der Waals surface area contributed by atoms with E-state index in [0.717, 1.165) is 56.7 Å². The molecule has 0 atom stereocenters. The number of rotatable bonds is 5. The summed E-state index contributed by atoms with van der Waals surface area (Å²) in [6.45, 7) is 1.33. The Labute approximate surface area is 123 Å². The van der Waals surface area contributed by atoms with E-state index in [9.17, 15) is 13.2 Å². The van der Waals surface area contributed by atoms with Crippen LogP contribution in [0.4, 0.5) is 13.2 Å². The van der Waals surface area contributed by atoms with Crippen LogP contribution in [0.25, 0.3) is 0 Å². The fraction of sp³-hybridized carbons (Fsp3) is 0.625. The number of alkyl halides is 3. The van der Waals surface area contributed by atoms with Crippen molar-refractivity contribution in [2.24, 2.45) is 5.73 Å². The van der Waals surface area contributed by atoms with Crippen LogP contribution in [0.3, 0.4) is 0 Å². The van der Waals surface area contributed by atoms with Crippen LogP contribution in [-0.2, 0) is 11.7 Å². The normalized spacial score (nSPS) is 18.7. The van der Waals surface area contributed by atoms with E-state index in [1.165, 1.54) is 12.1 Å². The predicted molar refractivity (Wildman–Crippen MR) is 77.9 cm³/mol. The van der Waals surface area contributed by atoms with Gasteiger partial charge in [-0.3, -0.25) is 0 Å². The number of hydrogen-bond donors (Lipinski definition) is 2. The molecule has 2 rings (SSSR count). The maximum absolute atomic E-state index is 12.9. The first-order valence-electron chi connectivity index (χ1n) is 7.61. The van der Waals surface area contributed by atoms with Crippen LogP contribution in [-0.4, -0.2) is 13.1 Å². The zero-order valence-electron chi connectivity index (χ0n) is 12.2. The molecule has 1 saturated carbocycles. The number of nitrogens with two attached hydrogens (primary N) is 1. The van der Waals surface area contributed by atoms with Gasteiger partial charge in [-0.1, -0.05) is 31.4 Å². The summed E-state index contributed by atoms with van der Waals surface area (Å²) in [5.74, 6) is 0. The van der Waals surface area contributed by atoms with Crippen molar-refractivity contribution >= 4 is 0 Å². The molecule has 0 unspecified atom stereocenters. The molecule has 1 aliphatic rings. The lowest BCUT2D eigenvalue weighted by atomic mass is 9.76. The van der Waals surface area contributed by atoms with Crippen LogP contribution < -0.4 is 11.1 Å². The van der Waals surface area contributed by atoms with E-state index < -0.39 is 11.7 Å². The van der Waals surface area contributed by atoms with Gasteiger partial charge >= 0.3 is 6.18 Å². The first-order chi connectivity index (χ1) is 9.98. The minimum Gasteiger partial charge on any atom is -0.330 e. The molecule has 0 radical (unpaired) electrons. The lowest BCUT2D eigenvalue weighted by Gasteiger charge is -2.39. The average Bonchev–Trinajstić information content (AvgIpc) is 2.48. The summed E-state index contributed by atoms with van der Waals surface area (Å²) < 4.78 is 38.8. The van der Waals surface area contributed by atoms with Crippen LogP contribution in [0.1, 0.15) is 49.7 Å². The second kappa shape index (κ2) is 6.79. The zero-order chi connectivity index (χ0) is 15.3. The molecule has 0 aliphatic heterocycles. The van der Waals surface area contributed by atoms with Gasteiger partial charge < -0.3 is 11.1 Å². The lowest BCUT2D eigenvalue weighted by molar-refractivity contribution is -0.137. The smallest absolute Gasteiger partial charge is 0.330 e. The quantitative estimate of drug-likeness (QED) is 0.812. The van der Waals surface area contributed by atoms with Gasteiger partial charge in [0.15, 0.2) is 0 Å². The van der Waals surface area contributed by atoms with E-state index >= 15 is 0 Å². The van der Waals surface area contributed by atoms with Crippen molar-refractivity contribution in [2.45, 2.75) is 50.2 Å². The number of hydrogen-bond acceptors (Lipinski definition) is 2. The Morgan fingerprint density at radius 2 is 1.86 bits per heavy atom. The Hall–Kier alpha value is -1.07. The van der Waals surface area contributed by atoms with Crippen LogP contribution in [0, 0.1) is 0 Å². The van der Waals surface area contributed by atoms with Gasteiger partial charge in [-0.15, -0.1) is 0 Å². The molecule has 0 bridgehead atoms. The Kier molecular flexibility index (Phi) is 5.27. The first-order valence-corrected chi connectivity index (χ1v) is 7.61. The molecule has 1 aromatic carbocycles. The summed E-state index contributed by atoms with van der Waals surface area (Å²) in [5, 5.41) is 3.48. The van der Waals surface area contributed by atoms with Crippen molar-refractivity contribution in [1.82, 2.24) is 5.32 Å². The molecule has 3 N–H and O–H groups in total. The highest BCUT2D eigenvalue weighted by atomic mass is 19.4. The van der Waals surface area contributed by atoms with Crippen LogP contribution in [0.2, 0.25) is 0 Å². The largest absolute Gasteiger partial charge is 0.416 e. The van der Waals surface area contributed by atoms with Crippen LogP contribution >= 0.6 is 0 Å². The standard InChI is InChI=1S/C16H23F3N2/c17-16(18,19)14-7-4-6-13(12-14)15(21-11-5-10-20)8-2-1-3-9-15/h4,6-7,12,21H,1-3,5,8-11,20H2. The Balaban J connectivity index is 2.27. The minimum absolute atomic E-state index is 0.325. The number of benzene rings is 1. The molecule has 118 valence electrons. The summed E-state index contributed by atoms with van der Waals surface area (Å²) in [6.07, 6.45) is 1.57. The maximum Gasteiger partial charge on any atom is 0.416 e. The zero-order valence-corrected chi connectivity index (χ0v) is 12.2. The van der Waals surface area contributed by atoms with E-state index in [2.05, 4.69) is 5.32 Å². The highest BCUT2D eigenvalue weighted by Crippen LogP contribution is 2.39. The topological polar surface area (TPSA) is 38.0 Å². The van der Waals surface area contributed by atoms with Gasteiger partial charge in [-0.2, -0.15) is 13.2 Å². The average molecular weight is 300 g/mol. The summed E-state index contributed by atoms with van der Waals surface area (Å²) in [5.41, 5.74) is 5.39. The molecular formula is C16H23F3N2.